The largest absolute Gasteiger partial charge is 0.344 e. The van der Waals surface area contributed by atoms with Gasteiger partial charge in [-0.25, -0.2) is 4.98 Å². The molecule has 2 aromatic rings. The summed E-state index contributed by atoms with van der Waals surface area (Å²) < 4.78 is 0. The van der Waals surface area contributed by atoms with E-state index < -0.39 is 6.04 Å². The summed E-state index contributed by atoms with van der Waals surface area (Å²) >= 11 is 0. The van der Waals surface area contributed by atoms with Crippen LogP contribution in [0.5, 0.6) is 0 Å². The molecule has 106 valence electrons. The van der Waals surface area contributed by atoms with Crippen molar-refractivity contribution in [3.05, 3.63) is 24.3 Å². The normalized spacial score (nSPS) is 12.4. The standard InChI is InChI=1S/C14H18N4O2/c1-8(2)12(15-9(3)19)13(20)18-14-16-10-6-4-5-7-11(10)17-14/h4-8,12H,1-3H3,(H,15,19)(H2,16,17,18,20). The van der Waals surface area contributed by atoms with Gasteiger partial charge in [-0.2, -0.15) is 0 Å². The summed E-state index contributed by atoms with van der Waals surface area (Å²) in [4.78, 5) is 30.6. The molecule has 0 aliphatic rings. The summed E-state index contributed by atoms with van der Waals surface area (Å²) in [5.41, 5.74) is 1.63. The zero-order valence-electron chi connectivity index (χ0n) is 11.7. The van der Waals surface area contributed by atoms with Crippen LogP contribution in [-0.4, -0.2) is 27.8 Å². The predicted molar refractivity (Wildman–Crippen MR) is 77.2 cm³/mol. The number of benzene rings is 1. The number of H-pyrrole nitrogens is 1. The Balaban J connectivity index is 2.14. The van der Waals surface area contributed by atoms with Gasteiger partial charge in [0.15, 0.2) is 0 Å². The fourth-order valence-electron chi connectivity index (χ4n) is 1.96. The Morgan fingerprint density at radius 2 is 1.95 bits per heavy atom. The van der Waals surface area contributed by atoms with Crippen LogP contribution in [-0.2, 0) is 9.59 Å². The molecule has 0 radical (unpaired) electrons. The van der Waals surface area contributed by atoms with Gasteiger partial charge in [0.05, 0.1) is 11.0 Å². The number of para-hydroxylation sites is 2. The van der Waals surface area contributed by atoms with E-state index in [1.165, 1.54) is 6.92 Å². The van der Waals surface area contributed by atoms with Gasteiger partial charge in [0.1, 0.15) is 6.04 Å². The third-order valence-corrected chi connectivity index (χ3v) is 2.94. The molecule has 1 aromatic heterocycles. The molecule has 0 spiro atoms. The topological polar surface area (TPSA) is 86.9 Å². The third-order valence-electron chi connectivity index (χ3n) is 2.94. The zero-order valence-corrected chi connectivity index (χ0v) is 11.7. The Hall–Kier alpha value is -2.37. The number of nitrogens with one attached hydrogen (secondary N) is 3. The maximum atomic E-state index is 12.2. The van der Waals surface area contributed by atoms with Gasteiger partial charge >= 0.3 is 0 Å². The first-order valence-corrected chi connectivity index (χ1v) is 6.50. The van der Waals surface area contributed by atoms with Crippen molar-refractivity contribution >= 4 is 28.8 Å². The molecule has 1 aromatic carbocycles. The lowest BCUT2D eigenvalue weighted by Crippen LogP contribution is -2.46. The van der Waals surface area contributed by atoms with Crippen LogP contribution in [0.1, 0.15) is 20.8 Å². The number of amides is 2. The molecule has 0 saturated carbocycles. The molecule has 0 aliphatic heterocycles. The van der Waals surface area contributed by atoms with E-state index in [2.05, 4.69) is 20.6 Å². The molecule has 1 heterocycles. The minimum absolute atomic E-state index is 0.0109. The SMILES string of the molecule is CC(=O)NC(C(=O)Nc1nc2ccccc2[nH]1)C(C)C. The van der Waals surface area contributed by atoms with Crippen molar-refractivity contribution in [2.75, 3.05) is 5.32 Å². The lowest BCUT2D eigenvalue weighted by molar-refractivity contribution is -0.126. The number of imidazole rings is 1. The fraction of sp³-hybridized carbons (Fsp3) is 0.357. The van der Waals surface area contributed by atoms with Crippen molar-refractivity contribution in [3.8, 4) is 0 Å². The number of hydrogen-bond acceptors (Lipinski definition) is 3. The maximum absolute atomic E-state index is 12.2. The quantitative estimate of drug-likeness (QED) is 0.792. The number of carbonyl (C=O) groups is 2. The molecule has 2 amide bonds. The smallest absolute Gasteiger partial charge is 0.249 e. The van der Waals surface area contributed by atoms with E-state index >= 15 is 0 Å². The summed E-state index contributed by atoms with van der Waals surface area (Å²) in [6, 6.07) is 6.92. The van der Waals surface area contributed by atoms with E-state index in [-0.39, 0.29) is 17.7 Å². The highest BCUT2D eigenvalue weighted by Crippen LogP contribution is 2.14. The molecule has 3 N–H and O–H groups in total. The van der Waals surface area contributed by atoms with Gasteiger partial charge in [-0.15, -0.1) is 0 Å². The van der Waals surface area contributed by atoms with Crippen molar-refractivity contribution in [3.63, 3.8) is 0 Å². The summed E-state index contributed by atoms with van der Waals surface area (Å²) in [6.45, 7) is 5.14. The second kappa shape index (κ2) is 5.73. The maximum Gasteiger partial charge on any atom is 0.249 e. The lowest BCUT2D eigenvalue weighted by Gasteiger charge is -2.20. The fourth-order valence-corrected chi connectivity index (χ4v) is 1.96. The van der Waals surface area contributed by atoms with Crippen LogP contribution < -0.4 is 10.6 Å². The van der Waals surface area contributed by atoms with Gasteiger partial charge in [-0.3, -0.25) is 14.9 Å². The number of carbonyl (C=O) groups excluding carboxylic acids is 2. The number of fused-ring (bicyclic) bond motifs is 1. The molecule has 1 unspecified atom stereocenters. The summed E-state index contributed by atoms with van der Waals surface area (Å²) in [6.07, 6.45) is 0. The van der Waals surface area contributed by atoms with E-state index in [1.54, 1.807) is 0 Å². The first kappa shape index (κ1) is 14.0. The Morgan fingerprint density at radius 3 is 2.55 bits per heavy atom. The summed E-state index contributed by atoms with van der Waals surface area (Å²) in [7, 11) is 0. The minimum Gasteiger partial charge on any atom is -0.344 e. The molecule has 20 heavy (non-hydrogen) atoms. The number of nitrogens with zero attached hydrogens (tertiary/aromatic N) is 1. The Kier molecular flexibility index (Phi) is 4.02. The Labute approximate surface area is 117 Å². The summed E-state index contributed by atoms with van der Waals surface area (Å²) in [5.74, 6) is -0.145. The van der Waals surface area contributed by atoms with Crippen molar-refractivity contribution < 1.29 is 9.59 Å². The second-order valence-corrected chi connectivity index (χ2v) is 5.01. The molecular weight excluding hydrogens is 256 g/mol. The average Bonchev–Trinajstić information content (AvgIpc) is 2.77. The van der Waals surface area contributed by atoms with E-state index in [9.17, 15) is 9.59 Å². The predicted octanol–water partition coefficient (Wildman–Crippen LogP) is 1.66. The molecule has 0 aliphatic carbocycles. The molecule has 0 bridgehead atoms. The lowest BCUT2D eigenvalue weighted by atomic mass is 10.0. The van der Waals surface area contributed by atoms with E-state index in [4.69, 9.17) is 0 Å². The van der Waals surface area contributed by atoms with Gasteiger partial charge in [0, 0.05) is 6.92 Å². The van der Waals surface area contributed by atoms with Gasteiger partial charge < -0.3 is 10.3 Å². The van der Waals surface area contributed by atoms with E-state index in [0.29, 0.717) is 5.95 Å². The second-order valence-electron chi connectivity index (χ2n) is 5.01. The van der Waals surface area contributed by atoms with E-state index in [0.717, 1.165) is 11.0 Å². The molecule has 1 atom stereocenters. The Bertz CT molecular complexity index is 600. The van der Waals surface area contributed by atoms with Crippen molar-refractivity contribution in [2.45, 2.75) is 26.8 Å². The Morgan fingerprint density at radius 1 is 1.25 bits per heavy atom. The van der Waals surface area contributed by atoms with Gasteiger partial charge in [-0.1, -0.05) is 26.0 Å². The average molecular weight is 274 g/mol. The monoisotopic (exact) mass is 274 g/mol. The van der Waals surface area contributed by atoms with Gasteiger partial charge in [0.25, 0.3) is 0 Å². The summed E-state index contributed by atoms with van der Waals surface area (Å²) in [5, 5.41) is 5.34. The number of aromatic amines is 1. The molecule has 0 saturated heterocycles. The third kappa shape index (κ3) is 3.14. The van der Waals surface area contributed by atoms with Gasteiger partial charge in [0.2, 0.25) is 17.8 Å². The highest BCUT2D eigenvalue weighted by Gasteiger charge is 2.23. The molecule has 6 nitrogen and oxygen atoms in total. The number of anilines is 1. The molecular formula is C14H18N4O2. The number of rotatable bonds is 4. The number of aromatic nitrogens is 2. The molecule has 0 fully saturated rings. The first-order valence-electron chi connectivity index (χ1n) is 6.50. The number of hydrogen-bond donors (Lipinski definition) is 3. The van der Waals surface area contributed by atoms with Gasteiger partial charge in [-0.05, 0) is 18.1 Å². The van der Waals surface area contributed by atoms with Crippen LogP contribution in [0.15, 0.2) is 24.3 Å². The van der Waals surface area contributed by atoms with E-state index in [1.807, 2.05) is 38.1 Å². The highest BCUT2D eigenvalue weighted by molar-refractivity contribution is 5.97. The van der Waals surface area contributed by atoms with Crippen molar-refractivity contribution in [1.29, 1.82) is 0 Å². The van der Waals surface area contributed by atoms with Crippen molar-refractivity contribution in [1.82, 2.24) is 15.3 Å². The van der Waals surface area contributed by atoms with Crippen molar-refractivity contribution in [2.24, 2.45) is 5.92 Å². The molecule has 2 rings (SSSR count). The first-order chi connectivity index (χ1) is 9.47. The zero-order chi connectivity index (χ0) is 14.7. The van der Waals surface area contributed by atoms with Crippen LogP contribution in [0, 0.1) is 5.92 Å². The van der Waals surface area contributed by atoms with Crippen LogP contribution >= 0.6 is 0 Å². The van der Waals surface area contributed by atoms with Crippen LogP contribution in [0.25, 0.3) is 11.0 Å². The van der Waals surface area contributed by atoms with Crippen LogP contribution in [0.4, 0.5) is 5.95 Å². The minimum atomic E-state index is -0.583. The van der Waals surface area contributed by atoms with Crippen LogP contribution in [0.2, 0.25) is 0 Å². The highest BCUT2D eigenvalue weighted by atomic mass is 16.2. The molecule has 6 heteroatoms. The van der Waals surface area contributed by atoms with Crippen LogP contribution in [0.3, 0.4) is 0 Å².